The lowest BCUT2D eigenvalue weighted by Gasteiger charge is -2.29. The number of nitrogens with zero attached hydrogens (tertiary/aromatic N) is 3. The van der Waals surface area contributed by atoms with Gasteiger partial charge in [-0.3, -0.25) is 9.88 Å². The van der Waals surface area contributed by atoms with Crippen molar-refractivity contribution in [3.63, 3.8) is 0 Å². The lowest BCUT2D eigenvalue weighted by atomic mass is 9.97. The summed E-state index contributed by atoms with van der Waals surface area (Å²) in [4.78, 5) is 6.95. The smallest absolute Gasteiger partial charge is 0.0594 e. The van der Waals surface area contributed by atoms with E-state index in [2.05, 4.69) is 38.7 Å². The van der Waals surface area contributed by atoms with Crippen LogP contribution >= 0.6 is 11.6 Å². The van der Waals surface area contributed by atoms with Gasteiger partial charge >= 0.3 is 0 Å². The topological polar surface area (TPSA) is 40.6 Å². The third kappa shape index (κ3) is 4.87. The van der Waals surface area contributed by atoms with Gasteiger partial charge in [0, 0.05) is 55.7 Å². The molecule has 0 aliphatic carbocycles. The molecule has 0 spiro atoms. The summed E-state index contributed by atoms with van der Waals surface area (Å²) in [6.07, 6.45) is 4.91. The standard InChI is InChI=1S/C21H25ClN4O/c22-18-5-3-4-17(14-18)20-16-26(9-8-25-10-12-27-13-11-25)24-21(20)15-19-6-1-2-7-23-19/h1-7,14,16,21,24H,8-13,15H2. The first-order chi connectivity index (χ1) is 13.3. The van der Waals surface area contributed by atoms with E-state index >= 15 is 0 Å². The van der Waals surface area contributed by atoms with Crippen LogP contribution in [-0.2, 0) is 11.2 Å². The summed E-state index contributed by atoms with van der Waals surface area (Å²) in [6, 6.07) is 14.3. The molecular weight excluding hydrogens is 360 g/mol. The van der Waals surface area contributed by atoms with Gasteiger partial charge in [-0.25, -0.2) is 5.43 Å². The van der Waals surface area contributed by atoms with Crippen molar-refractivity contribution in [1.29, 1.82) is 0 Å². The van der Waals surface area contributed by atoms with Crippen molar-refractivity contribution in [1.82, 2.24) is 20.3 Å². The Hall–Kier alpha value is -1.92. The van der Waals surface area contributed by atoms with Gasteiger partial charge in [-0.15, -0.1) is 0 Å². The van der Waals surface area contributed by atoms with Gasteiger partial charge in [0.05, 0.1) is 19.3 Å². The molecule has 6 heteroatoms. The maximum absolute atomic E-state index is 6.24. The van der Waals surface area contributed by atoms with Crippen LogP contribution < -0.4 is 5.43 Å². The van der Waals surface area contributed by atoms with Gasteiger partial charge in [0.25, 0.3) is 0 Å². The second-order valence-electron chi connectivity index (χ2n) is 6.95. The molecule has 2 aliphatic heterocycles. The maximum atomic E-state index is 6.24. The van der Waals surface area contributed by atoms with Gasteiger partial charge in [-0.1, -0.05) is 29.8 Å². The average molecular weight is 385 g/mol. The fraction of sp³-hybridized carbons (Fsp3) is 0.381. The molecule has 1 unspecified atom stereocenters. The summed E-state index contributed by atoms with van der Waals surface area (Å²) in [7, 11) is 0. The van der Waals surface area contributed by atoms with E-state index in [-0.39, 0.29) is 6.04 Å². The SMILES string of the molecule is Clc1cccc(C2=CN(CCN3CCOCC3)NC2Cc2ccccn2)c1. The Labute approximate surface area is 165 Å². The summed E-state index contributed by atoms with van der Waals surface area (Å²) < 4.78 is 5.44. The fourth-order valence-electron chi connectivity index (χ4n) is 3.60. The minimum absolute atomic E-state index is 0.183. The van der Waals surface area contributed by atoms with Crippen LogP contribution in [0.4, 0.5) is 0 Å². The van der Waals surface area contributed by atoms with Crippen LogP contribution in [0.5, 0.6) is 0 Å². The Balaban J connectivity index is 1.48. The number of morpholine rings is 1. The second kappa shape index (κ2) is 8.85. The number of halogens is 1. The van der Waals surface area contributed by atoms with Crippen molar-refractivity contribution >= 4 is 17.2 Å². The summed E-state index contributed by atoms with van der Waals surface area (Å²) in [6.45, 7) is 5.64. The zero-order chi connectivity index (χ0) is 18.5. The van der Waals surface area contributed by atoms with E-state index in [1.165, 1.54) is 5.57 Å². The number of aromatic nitrogens is 1. The monoisotopic (exact) mass is 384 g/mol. The lowest BCUT2D eigenvalue weighted by molar-refractivity contribution is 0.0336. The van der Waals surface area contributed by atoms with Gasteiger partial charge in [0.1, 0.15) is 0 Å². The average Bonchev–Trinajstić information content (AvgIpc) is 3.11. The highest BCUT2D eigenvalue weighted by Crippen LogP contribution is 2.27. The predicted octanol–water partition coefficient (Wildman–Crippen LogP) is 2.84. The van der Waals surface area contributed by atoms with E-state index in [9.17, 15) is 0 Å². The van der Waals surface area contributed by atoms with E-state index in [1.807, 2.05) is 36.5 Å². The summed E-state index contributed by atoms with van der Waals surface area (Å²) in [5.74, 6) is 0. The molecule has 27 heavy (non-hydrogen) atoms. The molecule has 2 aliphatic rings. The number of nitrogens with one attached hydrogen (secondary N) is 1. The first kappa shape index (κ1) is 18.4. The Bertz CT molecular complexity index is 777. The number of benzene rings is 1. The van der Waals surface area contributed by atoms with E-state index < -0.39 is 0 Å². The van der Waals surface area contributed by atoms with Gasteiger partial charge in [0.15, 0.2) is 0 Å². The van der Waals surface area contributed by atoms with Gasteiger partial charge in [-0.05, 0) is 35.4 Å². The Kier molecular flexibility index (Phi) is 6.04. The van der Waals surface area contributed by atoms with Crippen LogP contribution in [0.1, 0.15) is 11.3 Å². The highest BCUT2D eigenvalue weighted by Gasteiger charge is 2.26. The lowest BCUT2D eigenvalue weighted by Crippen LogP contribution is -2.44. The Morgan fingerprint density at radius 1 is 1.11 bits per heavy atom. The molecule has 0 bridgehead atoms. The summed E-state index contributed by atoms with van der Waals surface area (Å²) >= 11 is 6.24. The molecule has 4 rings (SSSR count). The maximum Gasteiger partial charge on any atom is 0.0594 e. The molecule has 1 aromatic heterocycles. The van der Waals surface area contributed by atoms with Gasteiger partial charge < -0.3 is 9.75 Å². The van der Waals surface area contributed by atoms with Crippen molar-refractivity contribution in [2.75, 3.05) is 39.4 Å². The first-order valence-electron chi connectivity index (χ1n) is 9.48. The molecule has 3 heterocycles. The molecular formula is C21H25ClN4O. The molecule has 1 atom stereocenters. The van der Waals surface area contributed by atoms with E-state index in [0.717, 1.165) is 62.1 Å². The predicted molar refractivity (Wildman–Crippen MR) is 108 cm³/mol. The molecule has 0 saturated carbocycles. The number of hydrogen-bond acceptors (Lipinski definition) is 5. The third-order valence-corrected chi connectivity index (χ3v) is 5.29. The third-order valence-electron chi connectivity index (χ3n) is 5.05. The van der Waals surface area contributed by atoms with E-state index in [1.54, 1.807) is 0 Å². The van der Waals surface area contributed by atoms with Crippen LogP contribution in [0.15, 0.2) is 54.9 Å². The zero-order valence-electron chi connectivity index (χ0n) is 15.4. The number of pyridine rings is 1. The minimum atomic E-state index is 0.183. The highest BCUT2D eigenvalue weighted by atomic mass is 35.5. The van der Waals surface area contributed by atoms with Gasteiger partial charge in [-0.2, -0.15) is 0 Å². The van der Waals surface area contributed by atoms with Crippen LogP contribution in [-0.4, -0.2) is 60.3 Å². The van der Waals surface area contributed by atoms with Crippen molar-refractivity contribution in [3.8, 4) is 0 Å². The number of hydrazine groups is 1. The molecule has 1 saturated heterocycles. The van der Waals surface area contributed by atoms with Crippen molar-refractivity contribution in [3.05, 3.63) is 71.1 Å². The fourth-order valence-corrected chi connectivity index (χ4v) is 3.79. The van der Waals surface area contributed by atoms with Crippen molar-refractivity contribution in [2.24, 2.45) is 0 Å². The van der Waals surface area contributed by atoms with Gasteiger partial charge in [0.2, 0.25) is 0 Å². The molecule has 0 radical (unpaired) electrons. The number of rotatable bonds is 6. The van der Waals surface area contributed by atoms with Crippen molar-refractivity contribution in [2.45, 2.75) is 12.5 Å². The highest BCUT2D eigenvalue weighted by molar-refractivity contribution is 6.30. The molecule has 5 nitrogen and oxygen atoms in total. The molecule has 1 aromatic carbocycles. The molecule has 0 amide bonds. The molecule has 1 N–H and O–H groups in total. The molecule has 2 aromatic rings. The van der Waals surface area contributed by atoms with Crippen molar-refractivity contribution < 1.29 is 4.74 Å². The number of ether oxygens (including phenoxy) is 1. The normalized spacial score (nSPS) is 20.7. The number of hydrogen-bond donors (Lipinski definition) is 1. The summed E-state index contributed by atoms with van der Waals surface area (Å²) in [5, 5.41) is 2.97. The van der Waals surface area contributed by atoms with E-state index in [4.69, 9.17) is 16.3 Å². The quantitative estimate of drug-likeness (QED) is 0.829. The van der Waals surface area contributed by atoms with Crippen LogP contribution in [0.25, 0.3) is 5.57 Å². The minimum Gasteiger partial charge on any atom is -0.379 e. The Morgan fingerprint density at radius 3 is 2.78 bits per heavy atom. The summed E-state index contributed by atoms with van der Waals surface area (Å²) in [5.41, 5.74) is 7.14. The largest absolute Gasteiger partial charge is 0.379 e. The Morgan fingerprint density at radius 2 is 2.00 bits per heavy atom. The first-order valence-corrected chi connectivity index (χ1v) is 9.86. The van der Waals surface area contributed by atoms with Crippen LogP contribution in [0.3, 0.4) is 0 Å². The van der Waals surface area contributed by atoms with Crippen LogP contribution in [0.2, 0.25) is 5.02 Å². The van der Waals surface area contributed by atoms with E-state index in [0.29, 0.717) is 0 Å². The zero-order valence-corrected chi connectivity index (χ0v) is 16.1. The molecule has 1 fully saturated rings. The second-order valence-corrected chi connectivity index (χ2v) is 7.39. The molecule has 142 valence electrons. The van der Waals surface area contributed by atoms with Crippen LogP contribution in [0, 0.1) is 0 Å².